The first-order valence-electron chi connectivity index (χ1n) is 5.07. The summed E-state index contributed by atoms with van der Waals surface area (Å²) in [4.78, 5) is -0.125. The molecule has 0 atom stereocenters. The van der Waals surface area contributed by atoms with Crippen molar-refractivity contribution in [2.75, 3.05) is 6.61 Å². The second-order valence-corrected chi connectivity index (χ2v) is 5.39. The topological polar surface area (TPSA) is 74.6 Å². The highest BCUT2D eigenvalue weighted by molar-refractivity contribution is 7.85. The van der Waals surface area contributed by atoms with Crippen molar-refractivity contribution in [3.63, 3.8) is 0 Å². The van der Waals surface area contributed by atoms with Crippen molar-refractivity contribution >= 4 is 10.1 Å². The molecule has 0 saturated carbocycles. The molecule has 0 spiro atoms. The second kappa shape index (κ2) is 4.95. The first-order chi connectivity index (χ1) is 7.36. The summed E-state index contributed by atoms with van der Waals surface area (Å²) in [7, 11) is -4.17. The molecule has 90 valence electrons. The molecular weight excluding hydrogens is 228 g/mol. The van der Waals surface area contributed by atoms with Crippen LogP contribution in [0.3, 0.4) is 0 Å². The minimum Gasteiger partial charge on any atom is -0.396 e. The molecule has 1 aromatic carbocycles. The highest BCUT2D eigenvalue weighted by atomic mass is 32.2. The summed E-state index contributed by atoms with van der Waals surface area (Å²) in [6.45, 7) is 3.93. The normalized spacial score (nSPS) is 12.1. The molecule has 0 amide bonds. The van der Waals surface area contributed by atoms with Crippen LogP contribution >= 0.6 is 0 Å². The minimum atomic E-state index is -4.17. The van der Waals surface area contributed by atoms with Crippen LogP contribution in [-0.4, -0.2) is 24.7 Å². The van der Waals surface area contributed by atoms with Crippen molar-refractivity contribution in [1.29, 1.82) is 0 Å². The average molecular weight is 244 g/mol. The fourth-order valence-corrected chi connectivity index (χ4v) is 2.17. The lowest BCUT2D eigenvalue weighted by Crippen LogP contribution is -2.04. The zero-order valence-corrected chi connectivity index (χ0v) is 10.2. The molecule has 0 aliphatic rings. The summed E-state index contributed by atoms with van der Waals surface area (Å²) in [6, 6.07) is 4.48. The van der Waals surface area contributed by atoms with E-state index in [0.717, 1.165) is 11.1 Å². The lowest BCUT2D eigenvalue weighted by atomic mass is 9.96. The van der Waals surface area contributed by atoms with Crippen molar-refractivity contribution in [1.82, 2.24) is 0 Å². The quantitative estimate of drug-likeness (QED) is 0.789. The van der Waals surface area contributed by atoms with E-state index in [2.05, 4.69) is 0 Å². The molecule has 1 aromatic rings. The summed E-state index contributed by atoms with van der Waals surface area (Å²) in [5, 5.41) is 8.91. The summed E-state index contributed by atoms with van der Waals surface area (Å²) >= 11 is 0. The van der Waals surface area contributed by atoms with Gasteiger partial charge in [-0.15, -0.1) is 0 Å². The molecular formula is C11H16O4S. The van der Waals surface area contributed by atoms with Crippen LogP contribution in [0, 0.1) is 0 Å². The molecule has 5 heteroatoms. The van der Waals surface area contributed by atoms with Gasteiger partial charge in [0.1, 0.15) is 0 Å². The molecule has 0 aliphatic carbocycles. The van der Waals surface area contributed by atoms with Crippen LogP contribution in [-0.2, 0) is 16.5 Å². The van der Waals surface area contributed by atoms with Crippen molar-refractivity contribution in [2.45, 2.75) is 31.1 Å². The molecule has 0 unspecified atom stereocenters. The molecule has 2 N–H and O–H groups in total. The maximum atomic E-state index is 11.0. The number of hydrogen-bond acceptors (Lipinski definition) is 3. The third kappa shape index (κ3) is 3.04. The van der Waals surface area contributed by atoms with Gasteiger partial charge in [0.25, 0.3) is 10.1 Å². The summed E-state index contributed by atoms with van der Waals surface area (Å²) in [5.74, 6) is 0.247. The Hall–Kier alpha value is -0.910. The van der Waals surface area contributed by atoms with E-state index >= 15 is 0 Å². The molecule has 16 heavy (non-hydrogen) atoms. The van der Waals surface area contributed by atoms with E-state index in [1.807, 2.05) is 13.8 Å². The van der Waals surface area contributed by atoms with Gasteiger partial charge in [-0.3, -0.25) is 4.55 Å². The molecule has 0 saturated heterocycles. The van der Waals surface area contributed by atoms with E-state index < -0.39 is 10.1 Å². The second-order valence-electron chi connectivity index (χ2n) is 3.96. The van der Waals surface area contributed by atoms with Crippen LogP contribution in [0.15, 0.2) is 23.1 Å². The number of aliphatic hydroxyl groups excluding tert-OH is 1. The zero-order valence-electron chi connectivity index (χ0n) is 9.34. The predicted octanol–water partition coefficient (Wildman–Crippen LogP) is 1.59. The van der Waals surface area contributed by atoms with Gasteiger partial charge in [-0.2, -0.15) is 8.42 Å². The standard InChI is InChI=1S/C11H16O4S/c1-8(2)11-4-3-10(16(13,14)15)7-9(11)5-6-12/h3-4,7-8,12H,5-6H2,1-2H3,(H,13,14,15). The third-order valence-corrected chi connectivity index (χ3v) is 3.27. The van der Waals surface area contributed by atoms with E-state index in [4.69, 9.17) is 9.66 Å². The molecule has 0 aliphatic heterocycles. The first-order valence-corrected chi connectivity index (χ1v) is 6.51. The number of aliphatic hydroxyl groups is 1. The maximum Gasteiger partial charge on any atom is 0.294 e. The lowest BCUT2D eigenvalue weighted by Gasteiger charge is -2.12. The Bertz CT molecular complexity index is 463. The molecule has 0 fully saturated rings. The van der Waals surface area contributed by atoms with Crippen molar-refractivity contribution in [3.05, 3.63) is 29.3 Å². The van der Waals surface area contributed by atoms with E-state index in [1.54, 1.807) is 6.07 Å². The number of benzene rings is 1. The smallest absolute Gasteiger partial charge is 0.294 e. The zero-order chi connectivity index (χ0) is 12.3. The van der Waals surface area contributed by atoms with Crippen LogP contribution in [0.5, 0.6) is 0 Å². The fraction of sp³-hybridized carbons (Fsp3) is 0.455. The van der Waals surface area contributed by atoms with Crippen LogP contribution in [0.25, 0.3) is 0 Å². The third-order valence-electron chi connectivity index (χ3n) is 2.42. The average Bonchev–Trinajstić information content (AvgIpc) is 2.16. The predicted molar refractivity (Wildman–Crippen MR) is 61.1 cm³/mol. The molecule has 1 rings (SSSR count). The largest absolute Gasteiger partial charge is 0.396 e. The Labute approximate surface area is 95.7 Å². The van der Waals surface area contributed by atoms with Crippen LogP contribution in [0.4, 0.5) is 0 Å². The highest BCUT2D eigenvalue weighted by Crippen LogP contribution is 2.23. The van der Waals surface area contributed by atoms with Gasteiger partial charge < -0.3 is 5.11 Å². The van der Waals surface area contributed by atoms with Crippen LogP contribution in [0.1, 0.15) is 30.9 Å². The van der Waals surface area contributed by atoms with Crippen LogP contribution in [0.2, 0.25) is 0 Å². The molecule has 0 heterocycles. The maximum absolute atomic E-state index is 11.0. The Morgan fingerprint density at radius 3 is 2.38 bits per heavy atom. The van der Waals surface area contributed by atoms with Crippen LogP contribution < -0.4 is 0 Å². The van der Waals surface area contributed by atoms with Gasteiger partial charge in [0, 0.05) is 6.61 Å². The Morgan fingerprint density at radius 1 is 1.31 bits per heavy atom. The van der Waals surface area contributed by atoms with Gasteiger partial charge in [0.2, 0.25) is 0 Å². The summed E-state index contributed by atoms with van der Waals surface area (Å²) in [5.41, 5.74) is 1.74. The fourth-order valence-electron chi connectivity index (χ4n) is 1.64. The lowest BCUT2D eigenvalue weighted by molar-refractivity contribution is 0.299. The Morgan fingerprint density at radius 2 is 1.94 bits per heavy atom. The monoisotopic (exact) mass is 244 g/mol. The molecule has 0 aromatic heterocycles. The SMILES string of the molecule is CC(C)c1ccc(S(=O)(=O)O)cc1CCO. The van der Waals surface area contributed by atoms with Crippen molar-refractivity contribution < 1.29 is 18.1 Å². The molecule has 0 bridgehead atoms. The van der Waals surface area contributed by atoms with Gasteiger partial charge in [-0.25, -0.2) is 0 Å². The minimum absolute atomic E-state index is 0.0470. The summed E-state index contributed by atoms with van der Waals surface area (Å²) in [6.07, 6.45) is 0.386. The first kappa shape index (κ1) is 13.2. The Kier molecular flexibility index (Phi) is 4.07. The highest BCUT2D eigenvalue weighted by Gasteiger charge is 2.13. The van der Waals surface area contributed by atoms with E-state index in [-0.39, 0.29) is 17.4 Å². The van der Waals surface area contributed by atoms with Gasteiger partial charge >= 0.3 is 0 Å². The number of rotatable bonds is 4. The van der Waals surface area contributed by atoms with E-state index in [1.165, 1.54) is 12.1 Å². The molecule has 0 radical (unpaired) electrons. The van der Waals surface area contributed by atoms with Crippen molar-refractivity contribution in [3.8, 4) is 0 Å². The Balaban J connectivity index is 3.28. The van der Waals surface area contributed by atoms with Gasteiger partial charge in [0.15, 0.2) is 0 Å². The summed E-state index contributed by atoms with van der Waals surface area (Å²) < 4.78 is 30.8. The van der Waals surface area contributed by atoms with E-state index in [0.29, 0.717) is 6.42 Å². The molecule has 4 nitrogen and oxygen atoms in total. The number of hydrogen-bond donors (Lipinski definition) is 2. The van der Waals surface area contributed by atoms with Gasteiger partial charge in [-0.05, 0) is 35.6 Å². The van der Waals surface area contributed by atoms with E-state index in [9.17, 15) is 8.42 Å². The van der Waals surface area contributed by atoms with Crippen molar-refractivity contribution in [2.24, 2.45) is 0 Å². The van der Waals surface area contributed by atoms with Gasteiger partial charge in [-0.1, -0.05) is 19.9 Å². The van der Waals surface area contributed by atoms with Gasteiger partial charge in [0.05, 0.1) is 4.90 Å².